The van der Waals surface area contributed by atoms with Crippen LogP contribution in [0.5, 0.6) is 0 Å². The average molecular weight is 584 g/mol. The number of nitrogens with zero attached hydrogens (tertiary/aromatic N) is 3. The third-order valence-corrected chi connectivity index (χ3v) is 9.90. The third-order valence-electron chi connectivity index (χ3n) is 9.90. The fraction of sp³-hybridized carbons (Fsp3) is 0.656. The SMILES string of the molecule is C=CCN(CCN1CCOCC1)C(=O)C1N([C@@H](CO)Cc2ccccc2)C(=O)[C@@H]2[C@@H](C(=O)OCC)[C@]3(C)OC12CC3C. The molecule has 2 bridgehead atoms. The number of esters is 1. The minimum atomic E-state index is -1.21. The van der Waals surface area contributed by atoms with Crippen molar-refractivity contribution >= 4 is 17.8 Å². The van der Waals surface area contributed by atoms with Crippen LogP contribution >= 0.6 is 0 Å². The first-order chi connectivity index (χ1) is 20.2. The summed E-state index contributed by atoms with van der Waals surface area (Å²) < 4.78 is 17.8. The van der Waals surface area contributed by atoms with E-state index in [2.05, 4.69) is 11.5 Å². The topological polar surface area (TPSA) is 109 Å². The molecule has 10 nitrogen and oxygen atoms in total. The number of aliphatic hydroxyl groups excluding tert-OH is 1. The van der Waals surface area contributed by atoms with Crippen LogP contribution in [0.4, 0.5) is 0 Å². The Morgan fingerprint density at radius 1 is 1.26 bits per heavy atom. The Kier molecular flexibility index (Phi) is 9.08. The van der Waals surface area contributed by atoms with Gasteiger partial charge in [-0.05, 0) is 38.2 Å². The Balaban J connectivity index is 1.54. The fourth-order valence-electron chi connectivity index (χ4n) is 7.78. The highest BCUT2D eigenvalue weighted by molar-refractivity contribution is 5.99. The number of fused-ring (bicyclic) bond motifs is 1. The van der Waals surface area contributed by atoms with Crippen molar-refractivity contribution < 1.29 is 33.7 Å². The molecule has 1 aromatic carbocycles. The molecule has 4 heterocycles. The molecule has 0 saturated carbocycles. The Morgan fingerprint density at radius 2 is 1.98 bits per heavy atom. The van der Waals surface area contributed by atoms with E-state index in [1.807, 2.05) is 44.2 Å². The summed E-state index contributed by atoms with van der Waals surface area (Å²) in [5, 5.41) is 10.7. The Morgan fingerprint density at radius 3 is 2.62 bits per heavy atom. The number of likely N-dealkylation sites (tertiary alicyclic amines) is 1. The summed E-state index contributed by atoms with van der Waals surface area (Å²) >= 11 is 0. The molecule has 0 aromatic heterocycles. The van der Waals surface area contributed by atoms with Crippen LogP contribution in [0, 0.1) is 17.8 Å². The molecule has 42 heavy (non-hydrogen) atoms. The summed E-state index contributed by atoms with van der Waals surface area (Å²) in [5.41, 5.74) is -1.21. The molecule has 4 aliphatic heterocycles. The first-order valence-corrected chi connectivity index (χ1v) is 15.2. The molecule has 1 spiro atoms. The van der Waals surface area contributed by atoms with E-state index in [9.17, 15) is 19.5 Å². The number of carbonyl (C=O) groups is 3. The highest BCUT2D eigenvalue weighted by Crippen LogP contribution is 2.65. The number of amides is 2. The number of benzene rings is 1. The molecule has 4 saturated heterocycles. The zero-order valence-corrected chi connectivity index (χ0v) is 25.1. The van der Waals surface area contributed by atoms with Gasteiger partial charge in [0.15, 0.2) is 0 Å². The van der Waals surface area contributed by atoms with Gasteiger partial charge < -0.3 is 29.1 Å². The lowest BCUT2D eigenvalue weighted by atomic mass is 9.62. The molecule has 3 unspecified atom stereocenters. The van der Waals surface area contributed by atoms with Crippen molar-refractivity contribution in [2.75, 3.05) is 59.2 Å². The fourth-order valence-corrected chi connectivity index (χ4v) is 7.78. The summed E-state index contributed by atoms with van der Waals surface area (Å²) in [6.07, 6.45) is 2.51. The Labute approximate surface area is 248 Å². The largest absolute Gasteiger partial charge is 0.466 e. The number of hydrogen-bond donors (Lipinski definition) is 1. The summed E-state index contributed by atoms with van der Waals surface area (Å²) in [7, 11) is 0. The summed E-state index contributed by atoms with van der Waals surface area (Å²) in [6, 6.07) is 7.95. The molecular formula is C32H45N3O7. The first kappa shape index (κ1) is 30.7. The molecule has 4 fully saturated rings. The van der Waals surface area contributed by atoms with Crippen molar-refractivity contribution in [1.82, 2.24) is 14.7 Å². The molecular weight excluding hydrogens is 538 g/mol. The molecule has 7 atom stereocenters. The van der Waals surface area contributed by atoms with E-state index in [-0.39, 0.29) is 30.9 Å². The highest BCUT2D eigenvalue weighted by Gasteiger charge is 2.80. The smallest absolute Gasteiger partial charge is 0.312 e. The van der Waals surface area contributed by atoms with Crippen LogP contribution in [0.2, 0.25) is 0 Å². The van der Waals surface area contributed by atoms with Crippen LogP contribution in [-0.2, 0) is 35.0 Å². The monoisotopic (exact) mass is 583 g/mol. The molecule has 1 N–H and O–H groups in total. The molecule has 0 radical (unpaired) electrons. The third kappa shape index (κ3) is 5.16. The van der Waals surface area contributed by atoms with Gasteiger partial charge in [0, 0.05) is 32.7 Å². The van der Waals surface area contributed by atoms with Crippen LogP contribution in [-0.4, -0.2) is 120 Å². The number of aliphatic hydroxyl groups is 1. The second-order valence-corrected chi connectivity index (χ2v) is 12.3. The molecule has 4 aliphatic rings. The summed E-state index contributed by atoms with van der Waals surface area (Å²) in [5.74, 6) is -2.85. The van der Waals surface area contributed by atoms with Crippen LogP contribution in [0.15, 0.2) is 43.0 Å². The standard InChI is InChI=1S/C32H45N3O7/c1-5-12-34(14-13-33-15-17-40-18-16-33)29(38)27-32-20-22(3)31(4,42-32)26(30(39)41-6-2)25(32)28(37)35(27)24(21-36)19-23-10-8-7-9-11-23/h5,7-11,22,24-27,36H,1,6,12-21H2,2-4H3/t22?,24-,25+,26+,27?,31-,32?/m1/s1. The van der Waals surface area contributed by atoms with Crippen molar-refractivity contribution in [3.05, 3.63) is 48.6 Å². The maximum atomic E-state index is 14.7. The minimum Gasteiger partial charge on any atom is -0.466 e. The summed E-state index contributed by atoms with van der Waals surface area (Å²) in [6.45, 7) is 13.7. The number of hydrogen-bond acceptors (Lipinski definition) is 8. The van der Waals surface area contributed by atoms with Gasteiger partial charge in [0.2, 0.25) is 11.8 Å². The van der Waals surface area contributed by atoms with Gasteiger partial charge in [0.1, 0.15) is 17.6 Å². The van der Waals surface area contributed by atoms with Crippen LogP contribution in [0.3, 0.4) is 0 Å². The van der Waals surface area contributed by atoms with Gasteiger partial charge >= 0.3 is 5.97 Å². The van der Waals surface area contributed by atoms with Crippen molar-refractivity contribution in [2.45, 2.75) is 56.9 Å². The number of rotatable bonds is 12. The van der Waals surface area contributed by atoms with E-state index in [1.165, 1.54) is 0 Å². The Hall–Kier alpha value is -2.79. The van der Waals surface area contributed by atoms with Crippen LogP contribution in [0.25, 0.3) is 0 Å². The first-order valence-electron chi connectivity index (χ1n) is 15.2. The predicted molar refractivity (Wildman–Crippen MR) is 155 cm³/mol. The maximum absolute atomic E-state index is 14.7. The summed E-state index contributed by atoms with van der Waals surface area (Å²) in [4.78, 5) is 48.3. The van der Waals surface area contributed by atoms with E-state index >= 15 is 0 Å². The quantitative estimate of drug-likeness (QED) is 0.292. The van der Waals surface area contributed by atoms with Crippen molar-refractivity contribution in [3.63, 3.8) is 0 Å². The zero-order chi connectivity index (χ0) is 30.1. The molecule has 5 rings (SSSR count). The van der Waals surface area contributed by atoms with E-state index in [4.69, 9.17) is 14.2 Å². The van der Waals surface area contributed by atoms with Crippen LogP contribution in [0.1, 0.15) is 32.8 Å². The second kappa shape index (κ2) is 12.4. The second-order valence-electron chi connectivity index (χ2n) is 12.3. The normalized spacial score (nSPS) is 33.0. The van der Waals surface area contributed by atoms with Crippen molar-refractivity contribution in [2.24, 2.45) is 17.8 Å². The molecule has 1 aromatic rings. The molecule has 2 amide bonds. The van der Waals surface area contributed by atoms with E-state index in [0.717, 1.165) is 18.7 Å². The molecule has 230 valence electrons. The van der Waals surface area contributed by atoms with Gasteiger partial charge in [0.25, 0.3) is 0 Å². The van der Waals surface area contributed by atoms with Gasteiger partial charge in [-0.3, -0.25) is 19.3 Å². The van der Waals surface area contributed by atoms with Crippen molar-refractivity contribution in [1.29, 1.82) is 0 Å². The predicted octanol–water partition coefficient (Wildman–Crippen LogP) is 1.51. The number of morpholine rings is 1. The zero-order valence-electron chi connectivity index (χ0n) is 25.1. The lowest BCUT2D eigenvalue weighted by Crippen LogP contribution is -2.60. The molecule has 0 aliphatic carbocycles. The maximum Gasteiger partial charge on any atom is 0.312 e. The van der Waals surface area contributed by atoms with Crippen molar-refractivity contribution in [3.8, 4) is 0 Å². The highest BCUT2D eigenvalue weighted by atomic mass is 16.6. The average Bonchev–Trinajstić information content (AvgIpc) is 3.51. The number of ether oxygens (including phenoxy) is 3. The van der Waals surface area contributed by atoms with Crippen LogP contribution < -0.4 is 0 Å². The molecule has 10 heteroatoms. The van der Waals surface area contributed by atoms with Gasteiger partial charge in [-0.15, -0.1) is 6.58 Å². The van der Waals surface area contributed by atoms with E-state index in [0.29, 0.717) is 45.7 Å². The lowest BCUT2D eigenvalue weighted by Gasteiger charge is -2.40. The lowest BCUT2D eigenvalue weighted by molar-refractivity contribution is -0.163. The van der Waals surface area contributed by atoms with E-state index < -0.39 is 41.1 Å². The minimum absolute atomic E-state index is 0.0888. The Bertz CT molecular complexity index is 1160. The number of carbonyl (C=O) groups excluding carboxylic acids is 3. The van der Waals surface area contributed by atoms with Gasteiger partial charge in [-0.2, -0.15) is 0 Å². The van der Waals surface area contributed by atoms with Gasteiger partial charge in [-0.25, -0.2) is 0 Å². The van der Waals surface area contributed by atoms with E-state index in [1.54, 1.807) is 22.8 Å². The van der Waals surface area contributed by atoms with Gasteiger partial charge in [-0.1, -0.05) is 43.3 Å². The van der Waals surface area contributed by atoms with Gasteiger partial charge in [0.05, 0.1) is 44.0 Å².